The third-order valence-corrected chi connectivity index (χ3v) is 7.85. The quantitative estimate of drug-likeness (QED) is 0.400. The van der Waals surface area contributed by atoms with Crippen LogP contribution in [-0.2, 0) is 19.6 Å². The smallest absolute Gasteiger partial charge is 0.302 e. The molecule has 6 nitrogen and oxygen atoms in total. The second kappa shape index (κ2) is 10.2. The predicted molar refractivity (Wildman–Crippen MR) is 132 cm³/mol. The third kappa shape index (κ3) is 5.02. The summed E-state index contributed by atoms with van der Waals surface area (Å²) >= 11 is 0. The molecule has 188 valence electrons. The van der Waals surface area contributed by atoms with Gasteiger partial charge in [0.1, 0.15) is 11.6 Å². The van der Waals surface area contributed by atoms with E-state index in [-0.39, 0.29) is 17.2 Å². The van der Waals surface area contributed by atoms with Gasteiger partial charge in [-0.05, 0) is 73.5 Å². The van der Waals surface area contributed by atoms with Gasteiger partial charge in [0.25, 0.3) is 10.0 Å². The molecule has 0 aromatic heterocycles. The van der Waals surface area contributed by atoms with E-state index in [1.165, 1.54) is 61.5 Å². The first-order chi connectivity index (χ1) is 17.1. The molecule has 1 aliphatic heterocycles. The zero-order valence-corrected chi connectivity index (χ0v) is 20.9. The highest BCUT2D eigenvalue weighted by Crippen LogP contribution is 2.42. The standard InChI is InChI=1S/C27H26F2N2O4S/c1-4-19(16-35-18(3)32)27-25-15-22(29)11-14-24(25)26(20-7-9-21(28)10-8-20)30-31(27)36(33,34)23-12-5-17(2)6-13-23/h5-15,19,27H,4,16H2,1-3H3. The van der Waals surface area contributed by atoms with Crippen LogP contribution in [0.2, 0.25) is 0 Å². The van der Waals surface area contributed by atoms with Crippen LogP contribution in [-0.4, -0.2) is 31.1 Å². The first-order valence-electron chi connectivity index (χ1n) is 11.5. The summed E-state index contributed by atoms with van der Waals surface area (Å²) in [4.78, 5) is 11.6. The highest BCUT2D eigenvalue weighted by molar-refractivity contribution is 7.89. The lowest BCUT2D eigenvalue weighted by atomic mass is 9.85. The fraction of sp³-hybridized carbons (Fsp3) is 0.259. The van der Waals surface area contributed by atoms with Crippen LogP contribution in [0.4, 0.5) is 8.78 Å². The molecular weight excluding hydrogens is 486 g/mol. The number of hydrazone groups is 1. The molecule has 1 aliphatic rings. The van der Waals surface area contributed by atoms with Crippen molar-refractivity contribution in [3.05, 3.63) is 101 Å². The van der Waals surface area contributed by atoms with Crippen molar-refractivity contribution >= 4 is 21.7 Å². The Hall–Kier alpha value is -3.59. The van der Waals surface area contributed by atoms with E-state index in [9.17, 15) is 22.0 Å². The van der Waals surface area contributed by atoms with E-state index in [1.54, 1.807) is 12.1 Å². The van der Waals surface area contributed by atoms with Gasteiger partial charge in [0.15, 0.2) is 0 Å². The van der Waals surface area contributed by atoms with Crippen molar-refractivity contribution in [2.24, 2.45) is 11.0 Å². The van der Waals surface area contributed by atoms with Crippen molar-refractivity contribution in [1.29, 1.82) is 0 Å². The van der Waals surface area contributed by atoms with Gasteiger partial charge in [0.2, 0.25) is 0 Å². The molecule has 0 bridgehead atoms. The highest BCUT2D eigenvalue weighted by Gasteiger charge is 2.42. The molecule has 3 aromatic carbocycles. The molecule has 1 heterocycles. The number of ether oxygens (including phenoxy) is 1. The minimum Gasteiger partial charge on any atom is -0.465 e. The SMILES string of the molecule is CCC(COC(C)=O)C1c2cc(F)ccc2C(c2ccc(F)cc2)=NN1S(=O)(=O)c1ccc(C)cc1. The monoisotopic (exact) mass is 512 g/mol. The molecule has 4 rings (SSSR count). The molecule has 0 amide bonds. The maximum atomic E-state index is 14.6. The molecule has 36 heavy (non-hydrogen) atoms. The van der Waals surface area contributed by atoms with Crippen LogP contribution >= 0.6 is 0 Å². The number of hydrogen-bond acceptors (Lipinski definition) is 5. The highest BCUT2D eigenvalue weighted by atomic mass is 32.2. The normalized spacial score (nSPS) is 16.2. The van der Waals surface area contributed by atoms with Crippen LogP contribution in [0.5, 0.6) is 0 Å². The Morgan fingerprint density at radius 2 is 1.67 bits per heavy atom. The van der Waals surface area contributed by atoms with Gasteiger partial charge in [-0.3, -0.25) is 4.79 Å². The van der Waals surface area contributed by atoms with Gasteiger partial charge in [-0.15, -0.1) is 0 Å². The lowest BCUT2D eigenvalue weighted by Gasteiger charge is -2.38. The van der Waals surface area contributed by atoms with E-state index in [4.69, 9.17) is 4.74 Å². The Kier molecular flexibility index (Phi) is 7.21. The van der Waals surface area contributed by atoms with Crippen molar-refractivity contribution < 1.29 is 26.7 Å². The second-order valence-electron chi connectivity index (χ2n) is 8.69. The number of esters is 1. The number of rotatable bonds is 7. The average molecular weight is 513 g/mol. The van der Waals surface area contributed by atoms with Crippen LogP contribution < -0.4 is 0 Å². The van der Waals surface area contributed by atoms with E-state index in [0.29, 0.717) is 23.1 Å². The zero-order chi connectivity index (χ0) is 26.0. The number of carbonyl (C=O) groups is 1. The number of hydrogen-bond donors (Lipinski definition) is 0. The van der Waals surface area contributed by atoms with E-state index in [2.05, 4.69) is 5.10 Å². The number of sulfonamides is 1. The van der Waals surface area contributed by atoms with E-state index < -0.39 is 39.6 Å². The minimum atomic E-state index is -4.22. The molecule has 0 spiro atoms. The molecular formula is C27H26F2N2O4S. The Morgan fingerprint density at radius 1 is 1.03 bits per heavy atom. The Bertz CT molecular complexity index is 1400. The zero-order valence-electron chi connectivity index (χ0n) is 20.1. The lowest BCUT2D eigenvalue weighted by molar-refractivity contribution is -0.142. The Morgan fingerprint density at radius 3 is 2.28 bits per heavy atom. The van der Waals surface area contributed by atoms with E-state index in [0.717, 1.165) is 9.98 Å². The summed E-state index contributed by atoms with van der Waals surface area (Å²) in [5.74, 6) is -2.03. The summed E-state index contributed by atoms with van der Waals surface area (Å²) in [5.41, 5.74) is 2.52. The van der Waals surface area contributed by atoms with Crippen LogP contribution in [0.3, 0.4) is 0 Å². The third-order valence-electron chi connectivity index (χ3n) is 6.18. The van der Waals surface area contributed by atoms with Crippen molar-refractivity contribution in [2.45, 2.75) is 38.1 Å². The summed E-state index contributed by atoms with van der Waals surface area (Å²) in [6.45, 7) is 4.87. The summed E-state index contributed by atoms with van der Waals surface area (Å²) in [5, 5.41) is 4.58. The van der Waals surface area contributed by atoms with Crippen molar-refractivity contribution in [3.8, 4) is 0 Å². The number of benzene rings is 3. The van der Waals surface area contributed by atoms with E-state index >= 15 is 0 Å². The first-order valence-corrected chi connectivity index (χ1v) is 12.9. The summed E-state index contributed by atoms with van der Waals surface area (Å²) in [6, 6.07) is 15.0. The summed E-state index contributed by atoms with van der Waals surface area (Å²) < 4.78 is 62.4. The molecule has 2 atom stereocenters. The second-order valence-corrected chi connectivity index (χ2v) is 10.5. The molecule has 0 saturated carbocycles. The minimum absolute atomic E-state index is 0.0162. The molecule has 0 N–H and O–H groups in total. The first kappa shape index (κ1) is 25.5. The number of nitrogens with zero attached hydrogens (tertiary/aromatic N) is 2. The predicted octanol–water partition coefficient (Wildman–Crippen LogP) is 5.36. The van der Waals surface area contributed by atoms with Gasteiger partial charge in [-0.2, -0.15) is 17.9 Å². The molecule has 0 radical (unpaired) electrons. The van der Waals surface area contributed by atoms with Crippen molar-refractivity contribution in [2.75, 3.05) is 6.61 Å². The van der Waals surface area contributed by atoms with Crippen LogP contribution in [0.15, 0.2) is 76.7 Å². The summed E-state index contributed by atoms with van der Waals surface area (Å²) in [7, 11) is -4.22. The van der Waals surface area contributed by atoms with Crippen LogP contribution in [0.25, 0.3) is 0 Å². The average Bonchev–Trinajstić information content (AvgIpc) is 2.84. The van der Waals surface area contributed by atoms with Gasteiger partial charge >= 0.3 is 5.97 Å². The largest absolute Gasteiger partial charge is 0.465 e. The van der Waals surface area contributed by atoms with Crippen LogP contribution in [0, 0.1) is 24.5 Å². The maximum absolute atomic E-state index is 14.6. The molecule has 2 unspecified atom stereocenters. The lowest BCUT2D eigenvalue weighted by Crippen LogP contribution is -2.41. The van der Waals surface area contributed by atoms with Gasteiger partial charge in [0, 0.05) is 24.0 Å². The topological polar surface area (TPSA) is 76.0 Å². The Labute approximate surface area is 209 Å². The van der Waals surface area contributed by atoms with Gasteiger partial charge < -0.3 is 4.74 Å². The Balaban J connectivity index is 1.97. The number of halogens is 2. The molecule has 9 heteroatoms. The van der Waals surface area contributed by atoms with Gasteiger partial charge in [-0.1, -0.05) is 24.6 Å². The number of carbonyl (C=O) groups excluding carboxylic acids is 1. The number of aryl methyl sites for hydroxylation is 1. The molecule has 0 aliphatic carbocycles. The number of fused-ring (bicyclic) bond motifs is 1. The molecule has 3 aromatic rings. The van der Waals surface area contributed by atoms with Gasteiger partial charge in [0.05, 0.1) is 23.3 Å². The van der Waals surface area contributed by atoms with Crippen molar-refractivity contribution in [1.82, 2.24) is 4.41 Å². The van der Waals surface area contributed by atoms with Crippen molar-refractivity contribution in [3.63, 3.8) is 0 Å². The van der Waals surface area contributed by atoms with E-state index in [1.807, 2.05) is 13.8 Å². The van der Waals surface area contributed by atoms with Crippen LogP contribution in [0.1, 0.15) is 48.6 Å². The molecule has 0 saturated heterocycles. The van der Waals surface area contributed by atoms with Gasteiger partial charge in [-0.25, -0.2) is 8.78 Å². The summed E-state index contributed by atoms with van der Waals surface area (Å²) in [6.07, 6.45) is 0.426. The maximum Gasteiger partial charge on any atom is 0.302 e. The molecule has 0 fully saturated rings. The fourth-order valence-corrected chi connectivity index (χ4v) is 5.73. The fourth-order valence-electron chi connectivity index (χ4n) is 4.26.